The predicted molar refractivity (Wildman–Crippen MR) is 121 cm³/mol. The Bertz CT molecular complexity index is 838. The van der Waals surface area contributed by atoms with Gasteiger partial charge in [-0.25, -0.2) is 9.97 Å². The summed E-state index contributed by atoms with van der Waals surface area (Å²) in [5.41, 5.74) is 1.29. The van der Waals surface area contributed by atoms with Crippen LogP contribution in [0.5, 0.6) is 0 Å². The largest absolute Gasteiger partial charge is 0.379 e. The van der Waals surface area contributed by atoms with Crippen LogP contribution in [-0.2, 0) is 22.5 Å². The summed E-state index contributed by atoms with van der Waals surface area (Å²) in [5, 5.41) is 5.75. The number of hydrogen-bond donors (Lipinski definition) is 1. The van der Waals surface area contributed by atoms with Gasteiger partial charge in [-0.15, -0.1) is 11.3 Å². The molecule has 1 saturated heterocycles. The Balaban J connectivity index is 1.61. The van der Waals surface area contributed by atoms with Gasteiger partial charge in [-0.3, -0.25) is 4.90 Å². The lowest BCUT2D eigenvalue weighted by Crippen LogP contribution is -2.39. The van der Waals surface area contributed by atoms with Crippen molar-refractivity contribution in [3.05, 3.63) is 10.4 Å². The third-order valence-corrected chi connectivity index (χ3v) is 7.98. The number of thiophene rings is 1. The molecule has 0 radical (unpaired) electrons. The van der Waals surface area contributed by atoms with Crippen molar-refractivity contribution in [3.63, 3.8) is 0 Å². The predicted octanol–water partition coefficient (Wildman–Crippen LogP) is 4.18. The maximum atomic E-state index is 6.18. The molecule has 8 heteroatoms. The van der Waals surface area contributed by atoms with Gasteiger partial charge in [0.05, 0.1) is 30.8 Å². The molecule has 0 aliphatic carbocycles. The number of anilines is 1. The van der Waals surface area contributed by atoms with Crippen LogP contribution in [0.25, 0.3) is 10.2 Å². The quantitative estimate of drug-likeness (QED) is 0.492. The van der Waals surface area contributed by atoms with Crippen molar-refractivity contribution in [2.24, 2.45) is 0 Å². The summed E-state index contributed by atoms with van der Waals surface area (Å²) in [7, 11) is 0. The number of ether oxygens (including phenoxy) is 2. The van der Waals surface area contributed by atoms with Crippen LogP contribution < -0.4 is 5.32 Å². The minimum absolute atomic E-state index is 0.0955. The van der Waals surface area contributed by atoms with Crippen LogP contribution in [0.15, 0.2) is 5.16 Å². The van der Waals surface area contributed by atoms with Crippen molar-refractivity contribution in [2.45, 2.75) is 57.4 Å². The molecule has 2 aliphatic heterocycles. The Morgan fingerprint density at radius 3 is 2.83 bits per heavy atom. The second-order valence-corrected chi connectivity index (χ2v) is 10.2. The Hall–Kier alpha value is -0.930. The molecular weight excluding hydrogens is 404 g/mol. The first kappa shape index (κ1) is 21.3. The van der Waals surface area contributed by atoms with Gasteiger partial charge in [-0.2, -0.15) is 0 Å². The van der Waals surface area contributed by atoms with Gasteiger partial charge < -0.3 is 14.8 Å². The molecule has 29 heavy (non-hydrogen) atoms. The molecule has 6 nitrogen and oxygen atoms in total. The zero-order valence-electron chi connectivity index (χ0n) is 17.8. The minimum Gasteiger partial charge on any atom is -0.379 e. The highest BCUT2D eigenvalue weighted by Gasteiger charge is 2.33. The lowest BCUT2D eigenvalue weighted by molar-refractivity contribution is -0.0542. The Kier molecular flexibility index (Phi) is 6.96. The topological polar surface area (TPSA) is 59.5 Å². The molecule has 1 N–H and O–H groups in total. The molecule has 2 aromatic rings. The molecule has 0 saturated carbocycles. The van der Waals surface area contributed by atoms with Crippen LogP contribution in [0.4, 0.5) is 5.82 Å². The molecule has 0 spiro atoms. The van der Waals surface area contributed by atoms with Crippen molar-refractivity contribution in [1.82, 2.24) is 14.9 Å². The van der Waals surface area contributed by atoms with E-state index in [1.807, 2.05) is 0 Å². The van der Waals surface area contributed by atoms with Crippen molar-refractivity contribution in [3.8, 4) is 0 Å². The second-order valence-electron chi connectivity index (χ2n) is 8.04. The molecule has 0 bridgehead atoms. The Labute approximate surface area is 181 Å². The van der Waals surface area contributed by atoms with E-state index in [0.29, 0.717) is 6.61 Å². The average molecular weight is 437 g/mol. The molecule has 4 rings (SSSR count). The summed E-state index contributed by atoms with van der Waals surface area (Å²) in [6, 6.07) is 0. The molecule has 1 atom stereocenters. The van der Waals surface area contributed by atoms with E-state index in [2.05, 4.69) is 31.0 Å². The van der Waals surface area contributed by atoms with Crippen molar-refractivity contribution in [2.75, 3.05) is 50.5 Å². The standard InChI is InChI=1S/C21H32N4O2S2/c1-4-12-28-20-23-18(22-6-7-25-8-10-26-11-9-25)17-15-13-21(3,5-2)27-14-16(15)29-19(17)24-20/h4-14H2,1-3H3,(H,22,23,24)/t21-/m0/s1. The van der Waals surface area contributed by atoms with Gasteiger partial charge in [0.1, 0.15) is 10.6 Å². The Morgan fingerprint density at radius 1 is 1.24 bits per heavy atom. The first-order valence-electron chi connectivity index (χ1n) is 10.7. The first-order chi connectivity index (χ1) is 14.1. The van der Waals surface area contributed by atoms with Crippen LogP contribution in [0.3, 0.4) is 0 Å². The van der Waals surface area contributed by atoms with Gasteiger partial charge in [0.15, 0.2) is 5.16 Å². The van der Waals surface area contributed by atoms with E-state index >= 15 is 0 Å². The third-order valence-electron chi connectivity index (χ3n) is 5.82. The van der Waals surface area contributed by atoms with E-state index in [0.717, 1.165) is 80.2 Å². The van der Waals surface area contributed by atoms with E-state index < -0.39 is 0 Å². The van der Waals surface area contributed by atoms with E-state index in [9.17, 15) is 0 Å². The van der Waals surface area contributed by atoms with Crippen molar-refractivity contribution >= 4 is 39.1 Å². The molecular formula is C21H32N4O2S2. The van der Waals surface area contributed by atoms with E-state index in [1.54, 1.807) is 23.1 Å². The number of rotatable bonds is 8. The fourth-order valence-corrected chi connectivity index (χ4v) is 5.68. The number of thioether (sulfide) groups is 1. The highest BCUT2D eigenvalue weighted by molar-refractivity contribution is 7.99. The van der Waals surface area contributed by atoms with Gasteiger partial charge in [0.25, 0.3) is 0 Å². The van der Waals surface area contributed by atoms with Gasteiger partial charge in [-0.05, 0) is 25.3 Å². The monoisotopic (exact) mass is 436 g/mol. The lowest BCUT2D eigenvalue weighted by atomic mass is 9.90. The summed E-state index contributed by atoms with van der Waals surface area (Å²) in [4.78, 5) is 14.7. The van der Waals surface area contributed by atoms with Crippen LogP contribution in [0.1, 0.15) is 44.1 Å². The highest BCUT2D eigenvalue weighted by atomic mass is 32.2. The SMILES string of the molecule is CCCSc1nc(NCCN2CCOCC2)c2c3c(sc2n1)CO[C@@](C)(CC)C3. The van der Waals surface area contributed by atoms with Crippen LogP contribution in [0.2, 0.25) is 0 Å². The third kappa shape index (κ3) is 4.88. The lowest BCUT2D eigenvalue weighted by Gasteiger charge is -2.33. The summed E-state index contributed by atoms with van der Waals surface area (Å²) < 4.78 is 11.6. The summed E-state index contributed by atoms with van der Waals surface area (Å²) in [5.74, 6) is 2.04. The maximum absolute atomic E-state index is 6.18. The maximum Gasteiger partial charge on any atom is 0.190 e. The van der Waals surface area contributed by atoms with Gasteiger partial charge >= 0.3 is 0 Å². The number of nitrogens with zero attached hydrogens (tertiary/aromatic N) is 3. The van der Waals surface area contributed by atoms with E-state index in [4.69, 9.17) is 19.4 Å². The number of morpholine rings is 1. The van der Waals surface area contributed by atoms with Gasteiger partial charge in [0.2, 0.25) is 0 Å². The van der Waals surface area contributed by atoms with Gasteiger partial charge in [0, 0.05) is 43.2 Å². The zero-order chi connectivity index (χ0) is 20.3. The van der Waals surface area contributed by atoms with E-state index in [-0.39, 0.29) is 5.60 Å². The summed E-state index contributed by atoms with van der Waals surface area (Å²) in [6.07, 6.45) is 3.06. The first-order valence-corrected chi connectivity index (χ1v) is 12.5. The average Bonchev–Trinajstić information content (AvgIpc) is 3.10. The van der Waals surface area contributed by atoms with Crippen molar-refractivity contribution < 1.29 is 9.47 Å². The smallest absolute Gasteiger partial charge is 0.190 e. The molecule has 1 fully saturated rings. The number of hydrogen-bond acceptors (Lipinski definition) is 8. The fourth-order valence-electron chi connectivity index (χ4n) is 3.82. The molecule has 0 amide bonds. The number of aromatic nitrogens is 2. The molecule has 2 aromatic heterocycles. The second kappa shape index (κ2) is 9.47. The molecule has 0 unspecified atom stereocenters. The fraction of sp³-hybridized carbons (Fsp3) is 0.714. The molecule has 160 valence electrons. The molecule has 2 aliphatic rings. The van der Waals surface area contributed by atoms with Crippen LogP contribution in [0, 0.1) is 0 Å². The molecule has 0 aromatic carbocycles. The Morgan fingerprint density at radius 2 is 2.07 bits per heavy atom. The highest BCUT2D eigenvalue weighted by Crippen LogP contribution is 2.42. The van der Waals surface area contributed by atoms with Crippen LogP contribution >= 0.6 is 23.1 Å². The zero-order valence-corrected chi connectivity index (χ0v) is 19.4. The van der Waals surface area contributed by atoms with Gasteiger partial charge in [-0.1, -0.05) is 25.6 Å². The van der Waals surface area contributed by atoms with Crippen LogP contribution in [-0.4, -0.2) is 65.6 Å². The molecule has 4 heterocycles. The van der Waals surface area contributed by atoms with Crippen molar-refractivity contribution in [1.29, 1.82) is 0 Å². The summed E-state index contributed by atoms with van der Waals surface area (Å²) in [6.45, 7) is 12.9. The summed E-state index contributed by atoms with van der Waals surface area (Å²) >= 11 is 3.53. The number of nitrogens with one attached hydrogen (secondary N) is 1. The minimum atomic E-state index is -0.0955. The van der Waals surface area contributed by atoms with E-state index in [1.165, 1.54) is 15.8 Å². The number of fused-ring (bicyclic) bond motifs is 3. The normalized spacial score (nSPS) is 22.7.